The van der Waals surface area contributed by atoms with E-state index in [2.05, 4.69) is 60.2 Å². The number of anilines is 2. The Hall–Kier alpha value is -3.29. The molecule has 3 aromatic heterocycles. The van der Waals surface area contributed by atoms with Gasteiger partial charge < -0.3 is 9.80 Å². The zero-order valence-electron chi connectivity index (χ0n) is 14.4. The molecule has 1 aromatic carbocycles. The Morgan fingerprint density at radius 3 is 2.65 bits per heavy atom. The average Bonchev–Trinajstić information content (AvgIpc) is 3.15. The predicted octanol–water partition coefficient (Wildman–Crippen LogP) is 1.70. The third-order valence-electron chi connectivity index (χ3n) is 4.82. The largest absolute Gasteiger partial charge is 0.352 e. The molecule has 0 atom stereocenters. The highest BCUT2D eigenvalue weighted by Gasteiger charge is 2.21. The van der Waals surface area contributed by atoms with Crippen LogP contribution in [0.4, 0.5) is 11.6 Å². The molecule has 130 valence electrons. The minimum absolute atomic E-state index is 0.759. The summed E-state index contributed by atoms with van der Waals surface area (Å²) in [5.41, 5.74) is 2.97. The molecule has 0 unspecified atom stereocenters. The van der Waals surface area contributed by atoms with Crippen LogP contribution in [0.25, 0.3) is 16.6 Å². The first kappa shape index (κ1) is 15.0. The number of rotatable bonds is 2. The first-order valence-electron chi connectivity index (χ1n) is 8.66. The fourth-order valence-corrected chi connectivity index (χ4v) is 3.44. The molecule has 1 fully saturated rings. The monoisotopic (exact) mass is 346 g/mol. The molecule has 0 N–H and O–H groups in total. The molecule has 4 heterocycles. The molecule has 0 aliphatic carbocycles. The van der Waals surface area contributed by atoms with E-state index < -0.39 is 0 Å². The summed E-state index contributed by atoms with van der Waals surface area (Å²) in [5.74, 6) is 1.96. The fraction of sp³-hybridized carbons (Fsp3) is 0.278. The highest BCUT2D eigenvalue weighted by Crippen LogP contribution is 2.25. The van der Waals surface area contributed by atoms with Crippen molar-refractivity contribution in [2.24, 2.45) is 0 Å². The Labute approximate surface area is 150 Å². The summed E-state index contributed by atoms with van der Waals surface area (Å²) < 4.78 is 1.71. The van der Waals surface area contributed by atoms with Crippen molar-refractivity contribution >= 4 is 28.2 Å². The van der Waals surface area contributed by atoms with Gasteiger partial charge in [0.05, 0.1) is 5.52 Å². The molecule has 4 aromatic rings. The van der Waals surface area contributed by atoms with E-state index in [1.54, 1.807) is 17.2 Å². The Bertz CT molecular complexity index is 1080. The second-order valence-electron chi connectivity index (χ2n) is 6.52. The summed E-state index contributed by atoms with van der Waals surface area (Å²) in [7, 11) is 0. The van der Waals surface area contributed by atoms with Gasteiger partial charge in [-0.15, -0.1) is 15.3 Å². The topological polar surface area (TPSA) is 75.3 Å². The summed E-state index contributed by atoms with van der Waals surface area (Å²) in [6.07, 6.45) is 3.28. The fourth-order valence-electron chi connectivity index (χ4n) is 3.44. The predicted molar refractivity (Wildman–Crippen MR) is 99.5 cm³/mol. The summed E-state index contributed by atoms with van der Waals surface area (Å²) >= 11 is 0. The average molecular weight is 346 g/mol. The van der Waals surface area contributed by atoms with Crippen LogP contribution < -0.4 is 9.80 Å². The highest BCUT2D eigenvalue weighted by atomic mass is 15.4. The second-order valence-corrected chi connectivity index (χ2v) is 6.52. The van der Waals surface area contributed by atoms with Crippen LogP contribution in [0.5, 0.6) is 0 Å². The molecule has 8 heteroatoms. The van der Waals surface area contributed by atoms with E-state index >= 15 is 0 Å². The molecular weight excluding hydrogens is 328 g/mol. The third-order valence-corrected chi connectivity index (χ3v) is 4.82. The van der Waals surface area contributed by atoms with Crippen LogP contribution in [0.2, 0.25) is 0 Å². The Kier molecular flexibility index (Phi) is 3.41. The smallest absolute Gasteiger partial charge is 0.177 e. The summed E-state index contributed by atoms with van der Waals surface area (Å²) in [5, 5.41) is 13.6. The summed E-state index contributed by atoms with van der Waals surface area (Å²) in [6.45, 7) is 5.65. The molecule has 0 spiro atoms. The van der Waals surface area contributed by atoms with Gasteiger partial charge in [0, 0.05) is 31.6 Å². The molecule has 1 aliphatic rings. The lowest BCUT2D eigenvalue weighted by Crippen LogP contribution is -2.47. The van der Waals surface area contributed by atoms with Crippen molar-refractivity contribution in [2.45, 2.75) is 6.92 Å². The number of aryl methyl sites for hydroxylation is 1. The number of benzene rings is 1. The molecular formula is C18H18N8. The molecule has 1 saturated heterocycles. The molecule has 0 radical (unpaired) electrons. The van der Waals surface area contributed by atoms with Crippen molar-refractivity contribution in [1.29, 1.82) is 0 Å². The van der Waals surface area contributed by atoms with E-state index in [0.29, 0.717) is 0 Å². The van der Waals surface area contributed by atoms with Gasteiger partial charge in [-0.3, -0.25) is 0 Å². The summed E-state index contributed by atoms with van der Waals surface area (Å²) in [4.78, 5) is 13.6. The standard InChI is InChI=1S/C18H18N8/c1-13-2-3-15-14(10-13)18(20-11-19-15)25-8-6-24(7-9-25)17-5-4-16-22-21-12-26(16)23-17/h2-5,10-12H,6-9H2,1H3. The Morgan fingerprint density at radius 2 is 1.77 bits per heavy atom. The molecule has 1 aliphatic heterocycles. The van der Waals surface area contributed by atoms with Crippen LogP contribution in [-0.2, 0) is 0 Å². The van der Waals surface area contributed by atoms with Crippen molar-refractivity contribution in [1.82, 2.24) is 29.8 Å². The van der Waals surface area contributed by atoms with E-state index in [-0.39, 0.29) is 0 Å². The molecule has 5 rings (SSSR count). The molecule has 26 heavy (non-hydrogen) atoms. The van der Waals surface area contributed by atoms with Crippen LogP contribution in [-0.4, -0.2) is 56.0 Å². The van der Waals surface area contributed by atoms with Gasteiger partial charge in [-0.2, -0.15) is 4.52 Å². The van der Waals surface area contributed by atoms with Crippen molar-refractivity contribution in [2.75, 3.05) is 36.0 Å². The molecule has 0 bridgehead atoms. The number of aromatic nitrogens is 6. The number of hydrogen-bond donors (Lipinski definition) is 0. The van der Waals surface area contributed by atoms with Gasteiger partial charge in [-0.1, -0.05) is 11.6 Å². The van der Waals surface area contributed by atoms with E-state index in [4.69, 9.17) is 0 Å². The van der Waals surface area contributed by atoms with Crippen LogP contribution in [0.15, 0.2) is 43.0 Å². The van der Waals surface area contributed by atoms with E-state index in [1.165, 1.54) is 5.56 Å². The quantitative estimate of drug-likeness (QED) is 0.547. The van der Waals surface area contributed by atoms with Gasteiger partial charge >= 0.3 is 0 Å². The number of nitrogens with zero attached hydrogens (tertiary/aromatic N) is 8. The highest BCUT2D eigenvalue weighted by molar-refractivity contribution is 5.89. The van der Waals surface area contributed by atoms with Crippen molar-refractivity contribution in [3.63, 3.8) is 0 Å². The number of piperazine rings is 1. The zero-order chi connectivity index (χ0) is 17.5. The van der Waals surface area contributed by atoms with Crippen molar-refractivity contribution in [3.8, 4) is 0 Å². The van der Waals surface area contributed by atoms with Gasteiger partial charge in [0.15, 0.2) is 5.65 Å². The van der Waals surface area contributed by atoms with E-state index in [1.807, 2.05) is 12.1 Å². The zero-order valence-corrected chi connectivity index (χ0v) is 14.4. The van der Waals surface area contributed by atoms with Crippen molar-refractivity contribution in [3.05, 3.63) is 48.5 Å². The number of fused-ring (bicyclic) bond motifs is 2. The lowest BCUT2D eigenvalue weighted by Gasteiger charge is -2.36. The minimum Gasteiger partial charge on any atom is -0.352 e. The first-order valence-corrected chi connectivity index (χ1v) is 8.66. The molecule has 0 saturated carbocycles. The van der Waals surface area contributed by atoms with Gasteiger partial charge in [-0.05, 0) is 31.2 Å². The maximum Gasteiger partial charge on any atom is 0.177 e. The summed E-state index contributed by atoms with van der Waals surface area (Å²) in [6, 6.07) is 10.3. The normalized spacial score (nSPS) is 15.1. The number of hydrogen-bond acceptors (Lipinski definition) is 7. The first-order chi connectivity index (χ1) is 12.8. The second kappa shape index (κ2) is 5.91. The van der Waals surface area contributed by atoms with Crippen LogP contribution >= 0.6 is 0 Å². The SMILES string of the molecule is Cc1ccc2ncnc(N3CCN(c4ccc5nncn5n4)CC3)c2c1. The van der Waals surface area contributed by atoms with Crippen LogP contribution in [0.3, 0.4) is 0 Å². The van der Waals surface area contributed by atoms with Crippen molar-refractivity contribution < 1.29 is 0 Å². The van der Waals surface area contributed by atoms with Gasteiger partial charge in [-0.25, -0.2) is 9.97 Å². The van der Waals surface area contributed by atoms with E-state index in [0.717, 1.165) is 54.4 Å². The minimum atomic E-state index is 0.759. The molecule has 8 nitrogen and oxygen atoms in total. The lowest BCUT2D eigenvalue weighted by molar-refractivity contribution is 0.637. The molecule has 0 amide bonds. The van der Waals surface area contributed by atoms with Crippen LogP contribution in [0.1, 0.15) is 5.56 Å². The maximum atomic E-state index is 4.59. The van der Waals surface area contributed by atoms with Crippen LogP contribution in [0, 0.1) is 6.92 Å². The lowest BCUT2D eigenvalue weighted by atomic mass is 10.1. The van der Waals surface area contributed by atoms with Gasteiger partial charge in [0.1, 0.15) is 24.3 Å². The maximum absolute atomic E-state index is 4.59. The Balaban J connectivity index is 1.39. The third kappa shape index (κ3) is 2.50. The van der Waals surface area contributed by atoms with Gasteiger partial charge in [0.25, 0.3) is 0 Å². The van der Waals surface area contributed by atoms with E-state index in [9.17, 15) is 0 Å². The van der Waals surface area contributed by atoms with Gasteiger partial charge in [0.2, 0.25) is 0 Å². The Morgan fingerprint density at radius 1 is 0.923 bits per heavy atom.